The van der Waals surface area contributed by atoms with E-state index < -0.39 is 5.97 Å². The third-order valence-electron chi connectivity index (χ3n) is 3.04. The fourth-order valence-corrected chi connectivity index (χ4v) is 2.22. The molecule has 1 amide bonds. The van der Waals surface area contributed by atoms with E-state index in [1.54, 1.807) is 4.90 Å². The van der Waals surface area contributed by atoms with Crippen molar-refractivity contribution in [2.75, 3.05) is 0 Å². The van der Waals surface area contributed by atoms with Crippen LogP contribution in [0.15, 0.2) is 11.8 Å². The van der Waals surface area contributed by atoms with Gasteiger partial charge in [0.1, 0.15) is 0 Å². The second-order valence-corrected chi connectivity index (χ2v) is 4.16. The van der Waals surface area contributed by atoms with Gasteiger partial charge in [0.25, 0.3) is 0 Å². The highest BCUT2D eigenvalue weighted by atomic mass is 16.4. The predicted octanol–water partition coefficient (Wildman–Crippen LogP) is 0.0670. The van der Waals surface area contributed by atoms with Crippen molar-refractivity contribution in [1.29, 1.82) is 0 Å². The minimum atomic E-state index is -1.01. The van der Waals surface area contributed by atoms with E-state index in [1.165, 1.54) is 6.20 Å². The van der Waals surface area contributed by atoms with Crippen LogP contribution < -0.4 is 5.73 Å². The Morgan fingerprint density at radius 1 is 1.53 bits per heavy atom. The average molecular weight is 210 g/mol. The minimum Gasteiger partial charge on any atom is -0.478 e. The van der Waals surface area contributed by atoms with E-state index in [-0.39, 0.29) is 30.0 Å². The molecule has 82 valence electrons. The molecule has 2 atom stereocenters. The first-order valence-corrected chi connectivity index (χ1v) is 5.08. The quantitative estimate of drug-likeness (QED) is 0.675. The molecule has 2 unspecified atom stereocenters. The molecule has 2 aliphatic rings. The number of hydrogen-bond donors (Lipinski definition) is 2. The largest absolute Gasteiger partial charge is 0.478 e. The Labute approximate surface area is 87.5 Å². The van der Waals surface area contributed by atoms with Crippen molar-refractivity contribution in [3.05, 3.63) is 11.8 Å². The Bertz CT molecular complexity index is 338. The van der Waals surface area contributed by atoms with Crippen LogP contribution in [0.4, 0.5) is 0 Å². The number of carboxylic acid groups (broad SMARTS) is 1. The molecule has 0 aromatic rings. The van der Waals surface area contributed by atoms with Gasteiger partial charge in [0.05, 0.1) is 12.0 Å². The Balaban J connectivity index is 2.10. The van der Waals surface area contributed by atoms with Crippen LogP contribution >= 0.6 is 0 Å². The van der Waals surface area contributed by atoms with E-state index in [4.69, 9.17) is 10.8 Å². The summed E-state index contributed by atoms with van der Waals surface area (Å²) in [7, 11) is 0. The van der Waals surface area contributed by atoms with E-state index in [1.807, 2.05) is 0 Å². The van der Waals surface area contributed by atoms with Crippen molar-refractivity contribution in [3.8, 4) is 0 Å². The molecular formula is C10H14N2O3. The van der Waals surface area contributed by atoms with Crippen LogP contribution in [0.2, 0.25) is 0 Å². The molecule has 1 fully saturated rings. The summed E-state index contributed by atoms with van der Waals surface area (Å²) in [4.78, 5) is 23.8. The maximum Gasteiger partial charge on any atom is 0.333 e. The summed E-state index contributed by atoms with van der Waals surface area (Å²) in [5.74, 6) is -1.13. The Morgan fingerprint density at radius 2 is 2.27 bits per heavy atom. The van der Waals surface area contributed by atoms with Gasteiger partial charge in [-0.05, 0) is 19.3 Å². The lowest BCUT2D eigenvalue weighted by Gasteiger charge is -2.21. The summed E-state index contributed by atoms with van der Waals surface area (Å²) < 4.78 is 0. The topological polar surface area (TPSA) is 83.6 Å². The van der Waals surface area contributed by atoms with E-state index >= 15 is 0 Å². The van der Waals surface area contributed by atoms with E-state index in [9.17, 15) is 9.59 Å². The smallest absolute Gasteiger partial charge is 0.333 e. The van der Waals surface area contributed by atoms with Gasteiger partial charge in [-0.1, -0.05) is 0 Å². The van der Waals surface area contributed by atoms with Crippen molar-refractivity contribution in [2.45, 2.75) is 37.8 Å². The fraction of sp³-hybridized carbons (Fsp3) is 0.600. The maximum absolute atomic E-state index is 11.6. The number of carbonyl (C=O) groups excluding carboxylic acids is 1. The van der Waals surface area contributed by atoms with Crippen molar-refractivity contribution in [3.63, 3.8) is 0 Å². The van der Waals surface area contributed by atoms with Gasteiger partial charge in [0, 0.05) is 18.3 Å². The van der Waals surface area contributed by atoms with Crippen LogP contribution in [0.5, 0.6) is 0 Å². The van der Waals surface area contributed by atoms with E-state index in [0.29, 0.717) is 0 Å². The Morgan fingerprint density at radius 3 is 2.73 bits per heavy atom. The number of nitrogens with two attached hydrogens (primary N) is 1. The summed E-state index contributed by atoms with van der Waals surface area (Å²) in [6.07, 6.45) is 4.03. The summed E-state index contributed by atoms with van der Waals surface area (Å²) in [6.45, 7) is 0. The van der Waals surface area contributed by atoms with Gasteiger partial charge >= 0.3 is 5.97 Å². The zero-order valence-electron chi connectivity index (χ0n) is 8.35. The van der Waals surface area contributed by atoms with Crippen LogP contribution in [0.3, 0.4) is 0 Å². The Kier molecular flexibility index (Phi) is 2.48. The van der Waals surface area contributed by atoms with E-state index in [2.05, 4.69) is 0 Å². The highest BCUT2D eigenvalue weighted by Crippen LogP contribution is 2.28. The highest BCUT2D eigenvalue weighted by molar-refractivity contribution is 5.97. The molecule has 3 N–H and O–H groups in total. The number of hydrogen-bond acceptors (Lipinski definition) is 3. The average Bonchev–Trinajstić information content (AvgIpc) is 2.71. The molecule has 1 aliphatic carbocycles. The number of aliphatic carboxylic acids is 1. The van der Waals surface area contributed by atoms with Gasteiger partial charge in [-0.3, -0.25) is 4.79 Å². The zero-order valence-corrected chi connectivity index (χ0v) is 8.35. The molecule has 1 heterocycles. The molecule has 15 heavy (non-hydrogen) atoms. The second kappa shape index (κ2) is 3.66. The van der Waals surface area contributed by atoms with Crippen molar-refractivity contribution in [1.82, 2.24) is 4.90 Å². The van der Waals surface area contributed by atoms with Gasteiger partial charge < -0.3 is 15.7 Å². The summed E-state index contributed by atoms with van der Waals surface area (Å²) >= 11 is 0. The lowest BCUT2D eigenvalue weighted by atomic mass is 10.2. The van der Waals surface area contributed by atoms with Crippen LogP contribution in [0.1, 0.15) is 25.7 Å². The van der Waals surface area contributed by atoms with Gasteiger partial charge in [-0.25, -0.2) is 4.79 Å². The number of rotatable bonds is 2. The summed E-state index contributed by atoms with van der Waals surface area (Å²) in [5.41, 5.74) is 5.94. The SMILES string of the molecule is NC1CCC(N2C=C(C(=O)O)CC2=O)C1. The maximum atomic E-state index is 11.6. The highest BCUT2D eigenvalue weighted by Gasteiger charge is 2.34. The van der Waals surface area contributed by atoms with Gasteiger partial charge in [0.15, 0.2) is 0 Å². The van der Waals surface area contributed by atoms with Crippen LogP contribution in [0, 0.1) is 0 Å². The molecule has 0 saturated heterocycles. The van der Waals surface area contributed by atoms with Gasteiger partial charge in [-0.15, -0.1) is 0 Å². The third-order valence-corrected chi connectivity index (χ3v) is 3.04. The molecule has 1 aliphatic heterocycles. The van der Waals surface area contributed by atoms with Gasteiger partial charge in [0.2, 0.25) is 5.91 Å². The van der Waals surface area contributed by atoms with Gasteiger partial charge in [-0.2, -0.15) is 0 Å². The molecule has 0 aromatic carbocycles. The van der Waals surface area contributed by atoms with Crippen LogP contribution in [-0.4, -0.2) is 34.0 Å². The monoisotopic (exact) mass is 210 g/mol. The molecule has 5 heteroatoms. The van der Waals surface area contributed by atoms with Crippen molar-refractivity contribution >= 4 is 11.9 Å². The number of nitrogens with zero attached hydrogens (tertiary/aromatic N) is 1. The predicted molar refractivity (Wildman–Crippen MR) is 52.8 cm³/mol. The number of carbonyl (C=O) groups is 2. The van der Waals surface area contributed by atoms with Crippen LogP contribution in [0.25, 0.3) is 0 Å². The molecule has 0 radical (unpaired) electrons. The standard InChI is InChI=1S/C10H14N2O3/c11-7-1-2-8(4-7)12-5-6(10(14)15)3-9(12)13/h5,7-8H,1-4,11H2,(H,14,15). The summed E-state index contributed by atoms with van der Waals surface area (Å²) in [5, 5.41) is 8.77. The summed E-state index contributed by atoms with van der Waals surface area (Å²) in [6, 6.07) is 0.245. The lowest BCUT2D eigenvalue weighted by Crippen LogP contribution is -2.32. The zero-order chi connectivity index (χ0) is 11.0. The fourth-order valence-electron chi connectivity index (χ4n) is 2.22. The molecule has 0 spiro atoms. The van der Waals surface area contributed by atoms with Crippen molar-refractivity contribution in [2.24, 2.45) is 5.73 Å². The number of amides is 1. The normalized spacial score (nSPS) is 30.9. The third kappa shape index (κ3) is 1.87. The first-order chi connectivity index (χ1) is 7.08. The number of carboxylic acids is 1. The molecule has 0 bridgehead atoms. The second-order valence-electron chi connectivity index (χ2n) is 4.16. The lowest BCUT2D eigenvalue weighted by molar-refractivity contribution is -0.134. The molecule has 5 nitrogen and oxygen atoms in total. The Hall–Kier alpha value is -1.36. The first kappa shape index (κ1) is 10.2. The first-order valence-electron chi connectivity index (χ1n) is 5.08. The molecule has 0 aromatic heterocycles. The molecule has 2 rings (SSSR count). The van der Waals surface area contributed by atoms with E-state index in [0.717, 1.165) is 19.3 Å². The van der Waals surface area contributed by atoms with Crippen LogP contribution in [-0.2, 0) is 9.59 Å². The molecule has 1 saturated carbocycles. The minimum absolute atomic E-state index is 0.0150. The van der Waals surface area contributed by atoms with Crippen molar-refractivity contribution < 1.29 is 14.7 Å². The molecular weight excluding hydrogens is 196 g/mol.